The van der Waals surface area contributed by atoms with E-state index in [2.05, 4.69) is 12.2 Å². The van der Waals surface area contributed by atoms with E-state index in [-0.39, 0.29) is 11.7 Å². The highest BCUT2D eigenvalue weighted by molar-refractivity contribution is 5.67. The van der Waals surface area contributed by atoms with E-state index in [0.29, 0.717) is 0 Å². The summed E-state index contributed by atoms with van der Waals surface area (Å²) in [4.78, 5) is 10.8. The molecule has 0 rings (SSSR count). The first-order valence-electron chi connectivity index (χ1n) is 3.92. The average molecular weight is 159 g/mol. The number of carbonyl (C=O) groups is 1. The van der Waals surface area contributed by atoms with Gasteiger partial charge in [0.15, 0.2) is 0 Å². The lowest BCUT2D eigenvalue weighted by molar-refractivity contribution is 0.0335. The molecule has 3 heteroatoms. The van der Waals surface area contributed by atoms with E-state index in [4.69, 9.17) is 4.74 Å². The first kappa shape index (κ1) is 10.3. The van der Waals surface area contributed by atoms with Gasteiger partial charge in [-0.3, -0.25) is 0 Å². The fourth-order valence-corrected chi connectivity index (χ4v) is 0.955. The molecule has 0 unspecified atom stereocenters. The molecule has 1 N–H and O–H groups in total. The normalized spacial score (nSPS) is 10.9. The molecule has 0 heterocycles. The van der Waals surface area contributed by atoms with Gasteiger partial charge in [0.05, 0.1) is 0 Å². The quantitative estimate of drug-likeness (QED) is 0.683. The minimum absolute atomic E-state index is 0.338. The van der Waals surface area contributed by atoms with Gasteiger partial charge in [0.1, 0.15) is 5.60 Å². The molecule has 0 aliphatic heterocycles. The molecule has 0 aromatic carbocycles. The zero-order chi connectivity index (χ0) is 8.91. The third-order valence-corrected chi connectivity index (χ3v) is 1.43. The highest BCUT2D eigenvalue weighted by atomic mass is 16.6. The number of rotatable bonds is 3. The molecule has 1 amide bonds. The minimum Gasteiger partial charge on any atom is -0.444 e. The van der Waals surface area contributed by atoms with Crippen molar-refractivity contribution in [3.05, 3.63) is 0 Å². The van der Waals surface area contributed by atoms with Crippen molar-refractivity contribution >= 4 is 6.09 Å². The lowest BCUT2D eigenvalue weighted by Gasteiger charge is -2.23. The van der Waals surface area contributed by atoms with Crippen LogP contribution in [0.5, 0.6) is 0 Å². The van der Waals surface area contributed by atoms with Gasteiger partial charge in [0, 0.05) is 7.05 Å². The van der Waals surface area contributed by atoms with Crippen LogP contribution < -0.4 is 5.32 Å². The Labute approximate surface area is 68.1 Å². The van der Waals surface area contributed by atoms with E-state index in [1.807, 2.05) is 13.8 Å². The Morgan fingerprint density at radius 1 is 1.55 bits per heavy atom. The van der Waals surface area contributed by atoms with Crippen LogP contribution in [0.1, 0.15) is 33.6 Å². The number of hydrogen-bond donors (Lipinski definition) is 1. The smallest absolute Gasteiger partial charge is 0.407 e. The molecule has 0 aliphatic carbocycles. The highest BCUT2D eigenvalue weighted by Crippen LogP contribution is 2.15. The van der Waals surface area contributed by atoms with E-state index in [1.165, 1.54) is 0 Å². The van der Waals surface area contributed by atoms with Crippen molar-refractivity contribution in [3.63, 3.8) is 0 Å². The van der Waals surface area contributed by atoms with E-state index in [1.54, 1.807) is 7.05 Å². The summed E-state index contributed by atoms with van der Waals surface area (Å²) in [5.74, 6) is 0. The molecule has 0 saturated heterocycles. The van der Waals surface area contributed by atoms with Crippen LogP contribution in [0.25, 0.3) is 0 Å². The van der Waals surface area contributed by atoms with Gasteiger partial charge in [0.2, 0.25) is 0 Å². The van der Waals surface area contributed by atoms with Gasteiger partial charge in [-0.05, 0) is 20.3 Å². The Kier molecular flexibility index (Phi) is 3.93. The maximum absolute atomic E-state index is 10.8. The van der Waals surface area contributed by atoms with Gasteiger partial charge in [-0.15, -0.1) is 0 Å². The highest BCUT2D eigenvalue weighted by Gasteiger charge is 2.20. The SMILES string of the molecule is CCCC(C)(C)OC(=O)NC. The summed E-state index contributed by atoms with van der Waals surface area (Å²) in [6.07, 6.45) is 1.55. The van der Waals surface area contributed by atoms with Crippen LogP contribution in [0.4, 0.5) is 4.79 Å². The first-order chi connectivity index (χ1) is 5.02. The van der Waals surface area contributed by atoms with Gasteiger partial charge in [-0.1, -0.05) is 13.3 Å². The second-order valence-corrected chi connectivity index (χ2v) is 3.15. The molecule has 0 spiro atoms. The van der Waals surface area contributed by atoms with Gasteiger partial charge < -0.3 is 10.1 Å². The molecule has 0 aliphatic rings. The van der Waals surface area contributed by atoms with Gasteiger partial charge in [-0.25, -0.2) is 4.79 Å². The molecule has 0 atom stereocenters. The van der Waals surface area contributed by atoms with Crippen molar-refractivity contribution in [2.75, 3.05) is 7.05 Å². The molecule has 0 bridgehead atoms. The van der Waals surface area contributed by atoms with Crippen LogP contribution in [0.15, 0.2) is 0 Å². The molecule has 0 saturated carbocycles. The molecule has 11 heavy (non-hydrogen) atoms. The summed E-state index contributed by atoms with van der Waals surface area (Å²) in [6, 6.07) is 0. The molecule has 66 valence electrons. The fourth-order valence-electron chi connectivity index (χ4n) is 0.955. The predicted molar refractivity (Wildman–Crippen MR) is 44.5 cm³/mol. The number of hydrogen-bond acceptors (Lipinski definition) is 2. The third kappa shape index (κ3) is 4.65. The predicted octanol–water partition coefficient (Wildman–Crippen LogP) is 1.92. The minimum atomic E-state index is -0.358. The lowest BCUT2D eigenvalue weighted by atomic mass is 10.0. The molecule has 0 aromatic rings. The summed E-state index contributed by atoms with van der Waals surface area (Å²) in [5, 5.41) is 2.42. The summed E-state index contributed by atoms with van der Waals surface area (Å²) >= 11 is 0. The van der Waals surface area contributed by atoms with Crippen molar-refractivity contribution in [1.29, 1.82) is 0 Å². The maximum atomic E-state index is 10.8. The third-order valence-electron chi connectivity index (χ3n) is 1.43. The zero-order valence-electron chi connectivity index (χ0n) is 7.73. The second kappa shape index (κ2) is 4.21. The van der Waals surface area contributed by atoms with Crippen LogP contribution in [0, 0.1) is 0 Å². The van der Waals surface area contributed by atoms with Crippen molar-refractivity contribution in [2.24, 2.45) is 0 Å². The largest absolute Gasteiger partial charge is 0.444 e. The van der Waals surface area contributed by atoms with Gasteiger partial charge in [-0.2, -0.15) is 0 Å². The van der Waals surface area contributed by atoms with E-state index in [0.717, 1.165) is 12.8 Å². The van der Waals surface area contributed by atoms with Crippen LogP contribution in [-0.2, 0) is 4.74 Å². The zero-order valence-corrected chi connectivity index (χ0v) is 7.73. The monoisotopic (exact) mass is 159 g/mol. The molecule has 0 radical (unpaired) electrons. The molecule has 0 fully saturated rings. The average Bonchev–Trinajstić information content (AvgIpc) is 1.86. The molecule has 0 aromatic heterocycles. The lowest BCUT2D eigenvalue weighted by Crippen LogP contribution is -2.32. The first-order valence-corrected chi connectivity index (χ1v) is 3.92. The summed E-state index contributed by atoms with van der Waals surface area (Å²) in [6.45, 7) is 5.88. The number of nitrogens with one attached hydrogen (secondary N) is 1. The standard InChI is InChI=1S/C8H17NO2/c1-5-6-8(2,3)11-7(10)9-4/h5-6H2,1-4H3,(H,9,10). The van der Waals surface area contributed by atoms with Crippen LogP contribution in [-0.4, -0.2) is 18.7 Å². The van der Waals surface area contributed by atoms with Crippen molar-refractivity contribution < 1.29 is 9.53 Å². The van der Waals surface area contributed by atoms with Crippen LogP contribution >= 0.6 is 0 Å². The number of carbonyl (C=O) groups excluding carboxylic acids is 1. The van der Waals surface area contributed by atoms with Gasteiger partial charge >= 0.3 is 6.09 Å². The summed E-state index contributed by atoms with van der Waals surface area (Å²) in [5.41, 5.74) is -0.338. The summed E-state index contributed by atoms with van der Waals surface area (Å²) < 4.78 is 5.08. The van der Waals surface area contributed by atoms with Gasteiger partial charge in [0.25, 0.3) is 0 Å². The van der Waals surface area contributed by atoms with Crippen LogP contribution in [0.3, 0.4) is 0 Å². The Hall–Kier alpha value is -0.730. The van der Waals surface area contributed by atoms with Crippen molar-refractivity contribution in [2.45, 2.75) is 39.2 Å². The number of ether oxygens (including phenoxy) is 1. The summed E-state index contributed by atoms with van der Waals surface area (Å²) in [7, 11) is 1.56. The van der Waals surface area contributed by atoms with Crippen LogP contribution in [0.2, 0.25) is 0 Å². The Morgan fingerprint density at radius 2 is 2.09 bits per heavy atom. The topological polar surface area (TPSA) is 38.3 Å². The van der Waals surface area contributed by atoms with Crippen molar-refractivity contribution in [3.8, 4) is 0 Å². The van der Waals surface area contributed by atoms with E-state index < -0.39 is 0 Å². The van der Waals surface area contributed by atoms with E-state index in [9.17, 15) is 4.79 Å². The second-order valence-electron chi connectivity index (χ2n) is 3.15. The molecular weight excluding hydrogens is 142 g/mol. The molecular formula is C8H17NO2. The molecule has 3 nitrogen and oxygen atoms in total. The van der Waals surface area contributed by atoms with E-state index >= 15 is 0 Å². The Morgan fingerprint density at radius 3 is 2.45 bits per heavy atom. The number of amides is 1. The Balaban J connectivity index is 3.80. The fraction of sp³-hybridized carbons (Fsp3) is 0.875. The maximum Gasteiger partial charge on any atom is 0.407 e. The van der Waals surface area contributed by atoms with Crippen molar-refractivity contribution in [1.82, 2.24) is 5.32 Å². The Bertz CT molecular complexity index is 132. The number of alkyl carbamates (subject to hydrolysis) is 1.